The Hall–Kier alpha value is -1.36. The summed E-state index contributed by atoms with van der Waals surface area (Å²) < 4.78 is 14.3. The third kappa shape index (κ3) is 9.21. The van der Waals surface area contributed by atoms with Gasteiger partial charge >= 0.3 is 11.9 Å². The van der Waals surface area contributed by atoms with E-state index in [0.29, 0.717) is 13.2 Å². The molecule has 0 rings (SSSR count). The molecular weight excluding hydrogens is 212 g/mol. The number of ether oxygens (including phenoxy) is 3. The maximum Gasteiger partial charge on any atom is 0.331 e. The van der Waals surface area contributed by atoms with Crippen LogP contribution in [-0.2, 0) is 23.8 Å². The standard InChI is InChI=1S/C11H18O5/c1-3-15-10(12)6-7-11(13)16-9-5-4-8-14-2/h6-7H,3-5,8-9H2,1-2H3/b7-6+. The van der Waals surface area contributed by atoms with Crippen molar-refractivity contribution in [3.63, 3.8) is 0 Å². The van der Waals surface area contributed by atoms with Crippen molar-refractivity contribution in [3.05, 3.63) is 12.2 Å². The Kier molecular flexibility index (Phi) is 9.30. The molecular formula is C11H18O5. The van der Waals surface area contributed by atoms with Gasteiger partial charge in [-0.05, 0) is 19.8 Å². The maximum atomic E-state index is 11.0. The summed E-state index contributed by atoms with van der Waals surface area (Å²) in [6, 6.07) is 0. The lowest BCUT2D eigenvalue weighted by molar-refractivity contribution is -0.140. The van der Waals surface area contributed by atoms with E-state index in [2.05, 4.69) is 4.74 Å². The Labute approximate surface area is 95.4 Å². The fourth-order valence-electron chi connectivity index (χ4n) is 0.896. The van der Waals surface area contributed by atoms with Gasteiger partial charge in [-0.3, -0.25) is 0 Å². The van der Waals surface area contributed by atoms with E-state index in [-0.39, 0.29) is 6.61 Å². The zero-order valence-corrected chi connectivity index (χ0v) is 9.73. The summed E-state index contributed by atoms with van der Waals surface area (Å²) in [5.41, 5.74) is 0. The van der Waals surface area contributed by atoms with E-state index in [0.717, 1.165) is 25.0 Å². The molecule has 0 aliphatic carbocycles. The Bertz CT molecular complexity index is 235. The summed E-state index contributed by atoms with van der Waals surface area (Å²) in [6.07, 6.45) is 3.70. The minimum absolute atomic E-state index is 0.287. The molecule has 0 saturated carbocycles. The molecule has 0 amide bonds. The molecule has 0 unspecified atom stereocenters. The van der Waals surface area contributed by atoms with Crippen molar-refractivity contribution in [3.8, 4) is 0 Å². The minimum Gasteiger partial charge on any atom is -0.463 e. The molecule has 16 heavy (non-hydrogen) atoms. The second-order valence-corrected chi connectivity index (χ2v) is 2.95. The summed E-state index contributed by atoms with van der Waals surface area (Å²) in [4.78, 5) is 21.9. The predicted molar refractivity (Wildman–Crippen MR) is 57.8 cm³/mol. The van der Waals surface area contributed by atoms with Gasteiger partial charge in [0.05, 0.1) is 13.2 Å². The fourth-order valence-corrected chi connectivity index (χ4v) is 0.896. The third-order valence-corrected chi connectivity index (χ3v) is 1.63. The molecule has 0 aliphatic rings. The quantitative estimate of drug-likeness (QED) is 0.354. The monoisotopic (exact) mass is 230 g/mol. The fraction of sp³-hybridized carbons (Fsp3) is 0.636. The molecule has 0 radical (unpaired) electrons. The number of rotatable bonds is 8. The molecule has 0 aromatic carbocycles. The normalized spacial score (nSPS) is 10.4. The van der Waals surface area contributed by atoms with Crippen LogP contribution in [0.1, 0.15) is 19.8 Å². The number of hydrogen-bond donors (Lipinski definition) is 0. The van der Waals surface area contributed by atoms with E-state index in [1.165, 1.54) is 0 Å². The second-order valence-electron chi connectivity index (χ2n) is 2.95. The zero-order chi connectivity index (χ0) is 12.2. The Morgan fingerprint density at radius 1 is 1.00 bits per heavy atom. The van der Waals surface area contributed by atoms with Crippen molar-refractivity contribution in [2.24, 2.45) is 0 Å². The van der Waals surface area contributed by atoms with Crippen molar-refractivity contribution in [2.45, 2.75) is 19.8 Å². The number of carbonyl (C=O) groups is 2. The van der Waals surface area contributed by atoms with Gasteiger partial charge in [-0.15, -0.1) is 0 Å². The zero-order valence-electron chi connectivity index (χ0n) is 9.73. The first-order valence-corrected chi connectivity index (χ1v) is 5.21. The maximum absolute atomic E-state index is 11.0. The van der Waals surface area contributed by atoms with Crippen LogP contribution in [0, 0.1) is 0 Å². The smallest absolute Gasteiger partial charge is 0.331 e. The first-order chi connectivity index (χ1) is 7.70. The Morgan fingerprint density at radius 2 is 1.56 bits per heavy atom. The van der Waals surface area contributed by atoms with E-state index in [1.807, 2.05) is 0 Å². The Balaban J connectivity index is 3.54. The van der Waals surface area contributed by atoms with E-state index >= 15 is 0 Å². The lowest BCUT2D eigenvalue weighted by atomic mass is 10.3. The van der Waals surface area contributed by atoms with Crippen LogP contribution < -0.4 is 0 Å². The summed E-state index contributed by atoms with van der Waals surface area (Å²) in [5.74, 6) is -1.08. The van der Waals surface area contributed by atoms with Gasteiger partial charge in [-0.1, -0.05) is 0 Å². The van der Waals surface area contributed by atoms with Gasteiger partial charge in [-0.2, -0.15) is 0 Å². The van der Waals surface area contributed by atoms with E-state index in [1.54, 1.807) is 14.0 Å². The van der Waals surface area contributed by atoms with Crippen LogP contribution >= 0.6 is 0 Å². The average Bonchev–Trinajstić information content (AvgIpc) is 2.26. The van der Waals surface area contributed by atoms with Crippen LogP contribution in [0.4, 0.5) is 0 Å². The molecule has 0 saturated heterocycles. The number of esters is 2. The van der Waals surface area contributed by atoms with Crippen molar-refractivity contribution in [2.75, 3.05) is 26.9 Å². The van der Waals surface area contributed by atoms with Crippen molar-refractivity contribution < 1.29 is 23.8 Å². The highest BCUT2D eigenvalue weighted by Crippen LogP contribution is 1.92. The van der Waals surface area contributed by atoms with Gasteiger partial charge in [0, 0.05) is 25.9 Å². The summed E-state index contributed by atoms with van der Waals surface area (Å²) in [6.45, 7) is 2.96. The largest absolute Gasteiger partial charge is 0.463 e. The highest BCUT2D eigenvalue weighted by atomic mass is 16.5. The first kappa shape index (κ1) is 14.6. The van der Waals surface area contributed by atoms with Crippen LogP contribution in [0.2, 0.25) is 0 Å². The van der Waals surface area contributed by atoms with Gasteiger partial charge < -0.3 is 14.2 Å². The van der Waals surface area contributed by atoms with Gasteiger partial charge in [0.1, 0.15) is 0 Å². The van der Waals surface area contributed by atoms with Gasteiger partial charge in [0.25, 0.3) is 0 Å². The number of methoxy groups -OCH3 is 1. The molecule has 0 N–H and O–H groups in total. The molecule has 0 fully saturated rings. The average molecular weight is 230 g/mol. The number of carbonyl (C=O) groups excluding carboxylic acids is 2. The van der Waals surface area contributed by atoms with Crippen LogP contribution in [0.15, 0.2) is 12.2 Å². The van der Waals surface area contributed by atoms with Crippen molar-refractivity contribution in [1.29, 1.82) is 0 Å². The minimum atomic E-state index is -0.543. The number of unbranched alkanes of at least 4 members (excludes halogenated alkanes) is 1. The molecule has 92 valence electrons. The van der Waals surface area contributed by atoms with Gasteiger partial charge in [0.15, 0.2) is 0 Å². The van der Waals surface area contributed by atoms with E-state index in [4.69, 9.17) is 9.47 Å². The first-order valence-electron chi connectivity index (χ1n) is 5.21. The predicted octanol–water partition coefficient (Wildman–Crippen LogP) is 1.08. The summed E-state index contributed by atoms with van der Waals surface area (Å²) in [5, 5.41) is 0. The lowest BCUT2D eigenvalue weighted by Crippen LogP contribution is -2.05. The lowest BCUT2D eigenvalue weighted by Gasteiger charge is -2.01. The van der Waals surface area contributed by atoms with E-state index < -0.39 is 11.9 Å². The van der Waals surface area contributed by atoms with Crippen LogP contribution in [0.25, 0.3) is 0 Å². The molecule has 5 heteroatoms. The van der Waals surface area contributed by atoms with Gasteiger partial charge in [-0.25, -0.2) is 9.59 Å². The van der Waals surface area contributed by atoms with Crippen LogP contribution in [0.5, 0.6) is 0 Å². The van der Waals surface area contributed by atoms with Crippen LogP contribution in [0.3, 0.4) is 0 Å². The van der Waals surface area contributed by atoms with Crippen molar-refractivity contribution in [1.82, 2.24) is 0 Å². The highest BCUT2D eigenvalue weighted by molar-refractivity contribution is 5.91. The van der Waals surface area contributed by atoms with Gasteiger partial charge in [0.2, 0.25) is 0 Å². The third-order valence-electron chi connectivity index (χ3n) is 1.63. The molecule has 0 aromatic rings. The molecule has 0 aromatic heterocycles. The molecule has 0 spiro atoms. The second kappa shape index (κ2) is 10.2. The molecule has 0 heterocycles. The van der Waals surface area contributed by atoms with Crippen molar-refractivity contribution >= 4 is 11.9 Å². The highest BCUT2D eigenvalue weighted by Gasteiger charge is 1.99. The topological polar surface area (TPSA) is 61.8 Å². The molecule has 0 atom stereocenters. The van der Waals surface area contributed by atoms with Crippen LogP contribution in [-0.4, -0.2) is 38.9 Å². The summed E-state index contributed by atoms with van der Waals surface area (Å²) >= 11 is 0. The molecule has 0 aliphatic heterocycles. The van der Waals surface area contributed by atoms with E-state index in [9.17, 15) is 9.59 Å². The summed E-state index contributed by atoms with van der Waals surface area (Å²) in [7, 11) is 1.62. The Morgan fingerprint density at radius 3 is 2.12 bits per heavy atom. The number of hydrogen-bond acceptors (Lipinski definition) is 5. The molecule has 5 nitrogen and oxygen atoms in total. The molecule has 0 bridgehead atoms. The SMILES string of the molecule is CCOC(=O)/C=C/C(=O)OCCCCOC.